The van der Waals surface area contributed by atoms with Gasteiger partial charge in [-0.1, -0.05) is 36.4 Å². The number of urea groups is 1. The molecule has 0 N–H and O–H groups in total. The number of halogens is 3. The van der Waals surface area contributed by atoms with Crippen molar-refractivity contribution in [3.05, 3.63) is 77.0 Å². The van der Waals surface area contributed by atoms with Crippen molar-refractivity contribution in [3.8, 4) is 0 Å². The fourth-order valence-corrected chi connectivity index (χ4v) is 3.91. The van der Waals surface area contributed by atoms with Crippen LogP contribution in [0.3, 0.4) is 0 Å². The Hall–Kier alpha value is -3.56. The summed E-state index contributed by atoms with van der Waals surface area (Å²) in [5.41, 5.74) is 0.612. The maximum absolute atomic E-state index is 13.4. The first-order chi connectivity index (χ1) is 15.3. The molecule has 0 spiro atoms. The van der Waals surface area contributed by atoms with Crippen molar-refractivity contribution < 1.29 is 18.0 Å². The molecule has 0 unspecified atom stereocenters. The van der Waals surface area contributed by atoms with Crippen LogP contribution in [0.4, 0.5) is 29.3 Å². The number of para-hydroxylation sites is 2. The third kappa shape index (κ3) is 4.12. The maximum atomic E-state index is 13.4. The number of aromatic nitrogens is 3. The first kappa shape index (κ1) is 21.7. The monoisotopic (exact) mass is 445 g/mol. The molecule has 2 aromatic carbocycles. The molecule has 10 heteroatoms. The molecular formula is C22H22F3N5O2. The lowest BCUT2D eigenvalue weighted by Crippen LogP contribution is -2.46. The van der Waals surface area contributed by atoms with Gasteiger partial charge in [0.1, 0.15) is 0 Å². The number of amides is 2. The van der Waals surface area contributed by atoms with Gasteiger partial charge >= 0.3 is 17.9 Å². The van der Waals surface area contributed by atoms with E-state index in [0.29, 0.717) is 41.9 Å². The van der Waals surface area contributed by atoms with Gasteiger partial charge in [0, 0.05) is 20.1 Å². The highest BCUT2D eigenvalue weighted by molar-refractivity contribution is 5.99. The molecule has 3 aromatic rings. The van der Waals surface area contributed by atoms with Crippen LogP contribution in [-0.4, -0.2) is 38.4 Å². The molecule has 0 saturated carbocycles. The van der Waals surface area contributed by atoms with Gasteiger partial charge in [0.15, 0.2) is 0 Å². The fraction of sp³-hybridized carbons (Fsp3) is 0.318. The zero-order chi connectivity index (χ0) is 22.9. The van der Waals surface area contributed by atoms with Crippen molar-refractivity contribution in [2.45, 2.75) is 25.1 Å². The highest BCUT2D eigenvalue weighted by atomic mass is 19.4. The van der Waals surface area contributed by atoms with E-state index in [1.54, 1.807) is 9.80 Å². The molecule has 0 radical (unpaired) electrons. The number of hydrogen-bond acceptors (Lipinski definition) is 3. The molecule has 2 heterocycles. The molecule has 1 fully saturated rings. The second-order valence-electron chi connectivity index (χ2n) is 7.61. The van der Waals surface area contributed by atoms with Gasteiger partial charge in [-0.25, -0.2) is 14.3 Å². The molecule has 7 nitrogen and oxygen atoms in total. The van der Waals surface area contributed by atoms with E-state index in [2.05, 4.69) is 5.10 Å². The summed E-state index contributed by atoms with van der Waals surface area (Å²) in [6.07, 6.45) is -4.05. The first-order valence-electron chi connectivity index (χ1n) is 10.2. The van der Waals surface area contributed by atoms with Crippen molar-refractivity contribution in [1.82, 2.24) is 19.2 Å². The Morgan fingerprint density at radius 1 is 0.969 bits per heavy atom. The predicted octanol–water partition coefficient (Wildman–Crippen LogP) is 4.20. The predicted molar refractivity (Wildman–Crippen MR) is 113 cm³/mol. The zero-order valence-corrected chi connectivity index (χ0v) is 17.4. The minimum absolute atomic E-state index is 0.231. The van der Waals surface area contributed by atoms with Crippen molar-refractivity contribution >= 4 is 17.4 Å². The summed E-state index contributed by atoms with van der Waals surface area (Å²) in [4.78, 5) is 29.0. The van der Waals surface area contributed by atoms with Crippen LogP contribution in [0.15, 0.2) is 65.5 Å². The number of anilines is 2. The van der Waals surface area contributed by atoms with Crippen molar-refractivity contribution in [2.75, 3.05) is 18.0 Å². The van der Waals surface area contributed by atoms with Gasteiger partial charge in [0.05, 0.1) is 17.4 Å². The summed E-state index contributed by atoms with van der Waals surface area (Å²) in [7, 11) is 1.06. The molecular weight excluding hydrogens is 423 g/mol. The van der Waals surface area contributed by atoms with E-state index in [1.807, 2.05) is 60.7 Å². The van der Waals surface area contributed by atoms with E-state index in [4.69, 9.17) is 0 Å². The van der Waals surface area contributed by atoms with E-state index in [-0.39, 0.29) is 6.03 Å². The van der Waals surface area contributed by atoms with E-state index >= 15 is 0 Å². The fourth-order valence-electron chi connectivity index (χ4n) is 3.91. The van der Waals surface area contributed by atoms with Gasteiger partial charge in [-0.2, -0.15) is 13.2 Å². The van der Waals surface area contributed by atoms with Gasteiger partial charge in [-0.15, -0.1) is 5.10 Å². The summed E-state index contributed by atoms with van der Waals surface area (Å²) >= 11 is 0. The number of likely N-dealkylation sites (tertiary alicyclic amines) is 1. The van der Waals surface area contributed by atoms with E-state index in [0.717, 1.165) is 11.7 Å². The number of hydrogen-bond donors (Lipinski definition) is 0. The highest BCUT2D eigenvalue weighted by Gasteiger charge is 2.39. The molecule has 1 aliphatic rings. The van der Waals surface area contributed by atoms with Gasteiger partial charge in [0.25, 0.3) is 0 Å². The normalized spacial score (nSPS) is 15.1. The SMILES string of the molecule is Cn1c(C(F)(F)F)nn(C2CCN(C(=O)N(c3ccccc3)c3ccccc3)CC2)c1=O. The second-order valence-corrected chi connectivity index (χ2v) is 7.61. The molecule has 32 heavy (non-hydrogen) atoms. The molecule has 2 amide bonds. The van der Waals surface area contributed by atoms with Crippen molar-refractivity contribution in [1.29, 1.82) is 0 Å². The molecule has 168 valence electrons. The third-order valence-electron chi connectivity index (χ3n) is 5.56. The summed E-state index contributed by atoms with van der Waals surface area (Å²) in [5.74, 6) is -1.22. The number of piperidine rings is 1. The van der Waals surface area contributed by atoms with E-state index in [1.165, 1.54) is 0 Å². The lowest BCUT2D eigenvalue weighted by atomic mass is 10.1. The van der Waals surface area contributed by atoms with Gasteiger partial charge in [-0.3, -0.25) is 9.47 Å². The van der Waals surface area contributed by atoms with E-state index < -0.39 is 23.7 Å². The number of carbonyl (C=O) groups is 1. The molecule has 1 aromatic heterocycles. The zero-order valence-electron chi connectivity index (χ0n) is 17.4. The Kier molecular flexibility index (Phi) is 5.77. The molecule has 0 bridgehead atoms. The second kappa shape index (κ2) is 8.52. The number of carbonyl (C=O) groups excluding carboxylic acids is 1. The Balaban J connectivity index is 1.54. The van der Waals surface area contributed by atoms with Crippen LogP contribution in [0.1, 0.15) is 24.7 Å². The van der Waals surface area contributed by atoms with Crippen LogP contribution in [0.5, 0.6) is 0 Å². The Morgan fingerprint density at radius 2 is 1.47 bits per heavy atom. The van der Waals surface area contributed by atoms with Gasteiger partial charge in [0.2, 0.25) is 5.82 Å². The quantitative estimate of drug-likeness (QED) is 0.607. The largest absolute Gasteiger partial charge is 0.451 e. The van der Waals surface area contributed by atoms with Crippen LogP contribution < -0.4 is 10.6 Å². The van der Waals surface area contributed by atoms with Crippen LogP contribution in [0.25, 0.3) is 0 Å². The standard InChI is InChI=1S/C22H22F3N5O2/c1-27-19(22(23,24)25)26-30(20(27)31)18-12-14-28(15-13-18)21(32)29(16-8-4-2-5-9-16)17-10-6-3-7-11-17/h2-11,18H,12-15H2,1H3. The van der Waals surface area contributed by atoms with Crippen molar-refractivity contribution in [3.63, 3.8) is 0 Å². The third-order valence-corrected chi connectivity index (χ3v) is 5.56. The smallest absolute Gasteiger partial charge is 0.324 e. The Morgan fingerprint density at radius 3 is 1.91 bits per heavy atom. The number of alkyl halides is 3. The lowest BCUT2D eigenvalue weighted by Gasteiger charge is -2.35. The van der Waals surface area contributed by atoms with Crippen molar-refractivity contribution in [2.24, 2.45) is 7.05 Å². The maximum Gasteiger partial charge on any atom is 0.451 e. The molecule has 0 aliphatic carbocycles. The van der Waals surface area contributed by atoms with Gasteiger partial charge < -0.3 is 4.90 Å². The minimum atomic E-state index is -4.71. The Labute approximate surface area is 182 Å². The average Bonchev–Trinajstić information content (AvgIpc) is 3.10. The van der Waals surface area contributed by atoms with Crippen LogP contribution >= 0.6 is 0 Å². The number of benzene rings is 2. The Bertz CT molecular complexity index is 1090. The van der Waals surface area contributed by atoms with Crippen LogP contribution in [0.2, 0.25) is 0 Å². The van der Waals surface area contributed by atoms with Gasteiger partial charge in [-0.05, 0) is 37.1 Å². The number of nitrogens with zero attached hydrogens (tertiary/aromatic N) is 5. The lowest BCUT2D eigenvalue weighted by molar-refractivity contribution is -0.147. The topological polar surface area (TPSA) is 63.4 Å². The average molecular weight is 445 g/mol. The molecule has 4 rings (SSSR count). The van der Waals surface area contributed by atoms with Crippen LogP contribution in [-0.2, 0) is 13.2 Å². The molecule has 1 saturated heterocycles. The van der Waals surface area contributed by atoms with E-state index in [9.17, 15) is 22.8 Å². The number of rotatable bonds is 3. The van der Waals surface area contributed by atoms with Crippen LogP contribution in [0, 0.1) is 0 Å². The highest BCUT2D eigenvalue weighted by Crippen LogP contribution is 2.30. The molecule has 0 atom stereocenters. The summed E-state index contributed by atoms with van der Waals surface area (Å²) in [5, 5.41) is 3.53. The summed E-state index contributed by atoms with van der Waals surface area (Å²) in [6, 6.07) is 17.7. The molecule has 1 aliphatic heterocycles. The minimum Gasteiger partial charge on any atom is -0.324 e. The summed E-state index contributed by atoms with van der Waals surface area (Å²) in [6.45, 7) is 0.591. The first-order valence-corrected chi connectivity index (χ1v) is 10.2. The summed E-state index contributed by atoms with van der Waals surface area (Å²) < 4.78 is 40.7.